The zero-order valence-corrected chi connectivity index (χ0v) is 11.6. The Hall–Kier alpha value is -2.03. The van der Waals surface area contributed by atoms with Gasteiger partial charge in [-0.1, -0.05) is 30.3 Å². The van der Waals surface area contributed by atoms with E-state index >= 15 is 0 Å². The highest BCUT2D eigenvalue weighted by Crippen LogP contribution is 2.26. The number of ether oxygens (including phenoxy) is 1. The molecule has 0 saturated carbocycles. The average molecular weight is 324 g/mol. The minimum Gasteiger partial charge on any atom is -0.458 e. The first-order valence-corrected chi connectivity index (χ1v) is 6.92. The zero-order valence-electron chi connectivity index (χ0n) is 10.8. The molecule has 1 rings (SSSR count). The van der Waals surface area contributed by atoms with Gasteiger partial charge < -0.3 is 8.92 Å². The van der Waals surface area contributed by atoms with E-state index in [1.807, 2.05) is 0 Å². The first-order valence-electron chi connectivity index (χ1n) is 5.51. The summed E-state index contributed by atoms with van der Waals surface area (Å²) in [5, 5.41) is 0. The maximum Gasteiger partial charge on any atom is 0.534 e. The molecule has 0 aliphatic carbocycles. The number of rotatable bonds is 5. The lowest BCUT2D eigenvalue weighted by Gasteiger charge is -2.09. The van der Waals surface area contributed by atoms with Gasteiger partial charge in [0.1, 0.15) is 12.4 Å². The van der Waals surface area contributed by atoms with Crippen LogP contribution in [0.4, 0.5) is 13.2 Å². The highest BCUT2D eigenvalue weighted by molar-refractivity contribution is 7.87. The summed E-state index contributed by atoms with van der Waals surface area (Å²) >= 11 is 0. The number of alkyl halides is 3. The predicted octanol–water partition coefficient (Wildman–Crippen LogP) is 2.50. The Kier molecular flexibility index (Phi) is 5.36. The minimum atomic E-state index is -5.79. The Bertz CT molecular complexity index is 620. The largest absolute Gasteiger partial charge is 0.534 e. The Labute approximate surface area is 119 Å². The summed E-state index contributed by atoms with van der Waals surface area (Å²) in [7, 11) is -5.79. The maximum atomic E-state index is 12.0. The van der Waals surface area contributed by atoms with Crippen molar-refractivity contribution in [3.05, 3.63) is 47.7 Å². The van der Waals surface area contributed by atoms with Crippen LogP contribution in [0.25, 0.3) is 0 Å². The van der Waals surface area contributed by atoms with Crippen LogP contribution in [-0.2, 0) is 30.4 Å². The lowest BCUT2D eigenvalue weighted by atomic mass is 10.2. The SMILES string of the molecule is C/C(=C/C(=O)OCc1ccccc1)OS(=O)(=O)C(F)(F)F. The molecule has 0 aliphatic rings. The number of carbonyl (C=O) groups excluding carboxylic acids is 1. The summed E-state index contributed by atoms with van der Waals surface area (Å²) in [6.07, 6.45) is 0.520. The van der Waals surface area contributed by atoms with Crippen LogP contribution in [0.3, 0.4) is 0 Å². The lowest BCUT2D eigenvalue weighted by molar-refractivity contribution is -0.139. The standard InChI is InChI=1S/C12H11F3O5S/c1-9(20-21(17,18)12(13,14)15)7-11(16)19-8-10-5-3-2-4-6-10/h2-7H,8H2,1H3/b9-7-. The van der Waals surface area contributed by atoms with Crippen molar-refractivity contribution in [1.29, 1.82) is 0 Å². The Morgan fingerprint density at radius 1 is 1.24 bits per heavy atom. The highest BCUT2D eigenvalue weighted by atomic mass is 32.2. The third kappa shape index (κ3) is 5.46. The molecule has 0 amide bonds. The number of halogens is 3. The van der Waals surface area contributed by atoms with Crippen LogP contribution in [0, 0.1) is 0 Å². The summed E-state index contributed by atoms with van der Waals surface area (Å²) < 4.78 is 66.0. The van der Waals surface area contributed by atoms with Crippen molar-refractivity contribution in [3.63, 3.8) is 0 Å². The monoisotopic (exact) mass is 324 g/mol. The van der Waals surface area contributed by atoms with Crippen molar-refractivity contribution in [1.82, 2.24) is 0 Å². The number of benzene rings is 1. The van der Waals surface area contributed by atoms with Crippen molar-refractivity contribution >= 4 is 16.1 Å². The molecule has 0 radical (unpaired) electrons. The molecule has 0 atom stereocenters. The van der Waals surface area contributed by atoms with Gasteiger partial charge >= 0.3 is 21.6 Å². The van der Waals surface area contributed by atoms with E-state index in [-0.39, 0.29) is 6.61 Å². The van der Waals surface area contributed by atoms with E-state index in [9.17, 15) is 26.4 Å². The van der Waals surface area contributed by atoms with Crippen molar-refractivity contribution in [2.75, 3.05) is 0 Å². The van der Waals surface area contributed by atoms with E-state index in [0.29, 0.717) is 11.6 Å². The fourth-order valence-electron chi connectivity index (χ4n) is 1.18. The smallest absolute Gasteiger partial charge is 0.458 e. The van der Waals surface area contributed by atoms with Crippen molar-refractivity contribution in [2.45, 2.75) is 19.0 Å². The van der Waals surface area contributed by atoms with Gasteiger partial charge in [0.25, 0.3) is 0 Å². The molecule has 0 N–H and O–H groups in total. The van der Waals surface area contributed by atoms with Gasteiger partial charge in [0.15, 0.2) is 0 Å². The average Bonchev–Trinajstić information content (AvgIpc) is 2.35. The third-order valence-electron chi connectivity index (χ3n) is 2.07. The molecule has 0 saturated heterocycles. The number of hydrogen-bond acceptors (Lipinski definition) is 5. The second-order valence-electron chi connectivity index (χ2n) is 3.83. The van der Waals surface area contributed by atoms with Crippen LogP contribution in [0.5, 0.6) is 0 Å². The molecule has 9 heteroatoms. The molecule has 1 aromatic carbocycles. The summed E-state index contributed by atoms with van der Waals surface area (Å²) in [5.74, 6) is -1.76. The van der Waals surface area contributed by atoms with Gasteiger partial charge in [-0.05, 0) is 12.5 Å². The molecule has 21 heavy (non-hydrogen) atoms. The Morgan fingerprint density at radius 3 is 2.33 bits per heavy atom. The molecule has 0 unspecified atom stereocenters. The van der Waals surface area contributed by atoms with Gasteiger partial charge in [0, 0.05) is 0 Å². The van der Waals surface area contributed by atoms with Gasteiger partial charge in [0.05, 0.1) is 6.08 Å². The van der Waals surface area contributed by atoms with Crippen molar-refractivity contribution < 1.29 is 35.3 Å². The van der Waals surface area contributed by atoms with Gasteiger partial charge in [-0.25, -0.2) is 4.79 Å². The van der Waals surface area contributed by atoms with Gasteiger partial charge in [-0.3, -0.25) is 0 Å². The topological polar surface area (TPSA) is 69.7 Å². The Balaban J connectivity index is 2.60. The molecule has 1 aromatic rings. The van der Waals surface area contributed by atoms with Gasteiger partial charge in [-0.15, -0.1) is 0 Å². The Morgan fingerprint density at radius 2 is 1.81 bits per heavy atom. The summed E-state index contributed by atoms with van der Waals surface area (Å²) in [6.45, 7) is 0.794. The first kappa shape index (κ1) is 17.0. The number of hydrogen-bond donors (Lipinski definition) is 0. The van der Waals surface area contributed by atoms with Crippen molar-refractivity contribution in [2.24, 2.45) is 0 Å². The summed E-state index contributed by atoms with van der Waals surface area (Å²) in [5.41, 5.74) is -4.89. The van der Waals surface area contributed by atoms with Crippen LogP contribution >= 0.6 is 0 Å². The maximum absolute atomic E-state index is 12.0. The molecule has 116 valence electrons. The molecular weight excluding hydrogens is 313 g/mol. The molecule has 0 heterocycles. The number of esters is 1. The second kappa shape index (κ2) is 6.61. The highest BCUT2D eigenvalue weighted by Gasteiger charge is 2.48. The van der Waals surface area contributed by atoms with E-state index in [0.717, 1.165) is 6.92 Å². The van der Waals surface area contributed by atoms with E-state index < -0.39 is 27.4 Å². The van der Waals surface area contributed by atoms with Crippen LogP contribution in [0.1, 0.15) is 12.5 Å². The quantitative estimate of drug-likeness (QED) is 0.274. The fourth-order valence-corrected chi connectivity index (χ4v) is 1.67. The lowest BCUT2D eigenvalue weighted by Crippen LogP contribution is -2.25. The molecule has 0 spiro atoms. The van der Waals surface area contributed by atoms with E-state index in [2.05, 4.69) is 4.18 Å². The van der Waals surface area contributed by atoms with Crippen LogP contribution in [-0.4, -0.2) is 19.9 Å². The molecule has 0 aromatic heterocycles. The minimum absolute atomic E-state index is 0.102. The molecular formula is C12H11F3O5S. The van der Waals surface area contributed by atoms with E-state index in [1.54, 1.807) is 30.3 Å². The zero-order chi connectivity index (χ0) is 16.1. The first-order chi connectivity index (χ1) is 9.62. The predicted molar refractivity (Wildman–Crippen MR) is 66.1 cm³/mol. The van der Waals surface area contributed by atoms with Gasteiger partial charge in [0.2, 0.25) is 0 Å². The summed E-state index contributed by atoms with van der Waals surface area (Å²) in [4.78, 5) is 11.3. The van der Waals surface area contributed by atoms with Crippen LogP contribution in [0.2, 0.25) is 0 Å². The number of carbonyl (C=O) groups is 1. The van der Waals surface area contributed by atoms with Crippen molar-refractivity contribution in [3.8, 4) is 0 Å². The number of allylic oxidation sites excluding steroid dienone is 1. The van der Waals surface area contributed by atoms with Crippen LogP contribution < -0.4 is 0 Å². The molecule has 0 aliphatic heterocycles. The van der Waals surface area contributed by atoms with Crippen LogP contribution in [0.15, 0.2) is 42.2 Å². The second-order valence-corrected chi connectivity index (χ2v) is 5.37. The van der Waals surface area contributed by atoms with E-state index in [1.165, 1.54) is 0 Å². The van der Waals surface area contributed by atoms with E-state index in [4.69, 9.17) is 4.74 Å². The summed E-state index contributed by atoms with van der Waals surface area (Å²) in [6, 6.07) is 8.53. The molecule has 0 bridgehead atoms. The molecule has 0 fully saturated rings. The fraction of sp³-hybridized carbons (Fsp3) is 0.250. The van der Waals surface area contributed by atoms with Gasteiger partial charge in [-0.2, -0.15) is 21.6 Å². The normalized spacial score (nSPS) is 12.9. The third-order valence-corrected chi connectivity index (χ3v) is 3.12. The molecule has 5 nitrogen and oxygen atoms in total.